The van der Waals surface area contributed by atoms with Crippen LogP contribution in [0.4, 0.5) is 5.13 Å². The Kier molecular flexibility index (Phi) is 4.21. The molecule has 6 nitrogen and oxygen atoms in total. The van der Waals surface area contributed by atoms with Gasteiger partial charge in [-0.25, -0.2) is 4.98 Å². The van der Waals surface area contributed by atoms with Gasteiger partial charge in [-0.05, 0) is 31.6 Å². The Morgan fingerprint density at radius 1 is 1.52 bits per heavy atom. The molecular formula is C14H20N4O2S. The topological polar surface area (TPSA) is 79.5 Å². The van der Waals surface area contributed by atoms with Crippen molar-refractivity contribution in [2.24, 2.45) is 5.92 Å². The molecule has 0 amide bonds. The third-order valence-corrected chi connectivity index (χ3v) is 4.97. The molecular weight excluding hydrogens is 288 g/mol. The Hall–Kier alpha value is -1.47. The van der Waals surface area contributed by atoms with E-state index >= 15 is 0 Å². The van der Waals surface area contributed by atoms with Crippen LogP contribution in [0.2, 0.25) is 0 Å². The maximum Gasteiger partial charge on any atom is 0.275 e. The molecule has 2 aromatic rings. The summed E-state index contributed by atoms with van der Waals surface area (Å²) in [5, 5.41) is 17.6. The molecule has 2 aromatic heterocycles. The van der Waals surface area contributed by atoms with Crippen molar-refractivity contribution >= 4 is 21.4 Å². The average molecular weight is 308 g/mol. The predicted molar refractivity (Wildman–Crippen MR) is 83.0 cm³/mol. The van der Waals surface area contributed by atoms with Crippen LogP contribution in [0.5, 0.6) is 0 Å². The normalized spacial score (nSPS) is 22.0. The summed E-state index contributed by atoms with van der Waals surface area (Å²) < 4.78 is 1.36. The standard InChI is InChI=1S/C14H20N4O2S/c1-2-10-8-12(20)18-14(15-10)21-13(17-18)16-11-5-3-4-9(11)6-7-19/h8-9,11,19H,2-7H2,1H3,(H,16,17). The maximum atomic E-state index is 12.0. The lowest BCUT2D eigenvalue weighted by molar-refractivity contribution is 0.254. The van der Waals surface area contributed by atoms with Gasteiger partial charge in [-0.15, -0.1) is 5.10 Å². The Morgan fingerprint density at radius 3 is 3.14 bits per heavy atom. The number of anilines is 1. The molecule has 2 N–H and O–H groups in total. The fourth-order valence-electron chi connectivity index (χ4n) is 2.99. The number of hydrogen-bond donors (Lipinski definition) is 2. The van der Waals surface area contributed by atoms with Crippen LogP contribution in [-0.4, -0.2) is 32.4 Å². The number of aliphatic hydroxyl groups excluding tert-OH is 1. The van der Waals surface area contributed by atoms with Crippen LogP contribution in [0.15, 0.2) is 10.9 Å². The number of aromatic nitrogens is 3. The van der Waals surface area contributed by atoms with Crippen LogP contribution in [0.1, 0.15) is 38.3 Å². The van der Waals surface area contributed by atoms with Crippen LogP contribution in [0.3, 0.4) is 0 Å². The molecule has 0 aliphatic heterocycles. The van der Waals surface area contributed by atoms with E-state index in [-0.39, 0.29) is 12.2 Å². The largest absolute Gasteiger partial charge is 0.396 e. The van der Waals surface area contributed by atoms with Gasteiger partial charge in [0, 0.05) is 24.4 Å². The summed E-state index contributed by atoms with van der Waals surface area (Å²) in [6.07, 6.45) is 4.96. The lowest BCUT2D eigenvalue weighted by atomic mass is 10.0. The minimum Gasteiger partial charge on any atom is -0.396 e. The third kappa shape index (κ3) is 2.94. The predicted octanol–water partition coefficient (Wildman–Crippen LogP) is 1.68. The lowest BCUT2D eigenvalue weighted by Gasteiger charge is -2.19. The van der Waals surface area contributed by atoms with Crippen molar-refractivity contribution in [3.05, 3.63) is 22.1 Å². The molecule has 1 aliphatic rings. The van der Waals surface area contributed by atoms with E-state index in [0.29, 0.717) is 16.9 Å². The molecule has 0 radical (unpaired) electrons. The number of hydrogen-bond acceptors (Lipinski definition) is 6. The van der Waals surface area contributed by atoms with Crippen LogP contribution in [0, 0.1) is 5.92 Å². The van der Waals surface area contributed by atoms with E-state index in [0.717, 1.165) is 36.5 Å². The average Bonchev–Trinajstić information content (AvgIpc) is 3.07. The fourth-order valence-corrected chi connectivity index (χ4v) is 3.88. The molecule has 3 rings (SSSR count). The quantitative estimate of drug-likeness (QED) is 0.878. The summed E-state index contributed by atoms with van der Waals surface area (Å²) in [5.41, 5.74) is 0.675. The number of nitrogens with zero attached hydrogens (tertiary/aromatic N) is 3. The van der Waals surface area contributed by atoms with Crippen molar-refractivity contribution in [3.8, 4) is 0 Å². The summed E-state index contributed by atoms with van der Waals surface area (Å²) in [4.78, 5) is 17.1. The molecule has 2 atom stereocenters. The van der Waals surface area contributed by atoms with Crippen molar-refractivity contribution in [2.45, 2.75) is 45.1 Å². The van der Waals surface area contributed by atoms with E-state index < -0.39 is 0 Å². The molecule has 0 saturated heterocycles. The highest BCUT2D eigenvalue weighted by atomic mass is 32.1. The molecule has 2 unspecified atom stereocenters. The van der Waals surface area contributed by atoms with Crippen LogP contribution in [0.25, 0.3) is 4.96 Å². The van der Waals surface area contributed by atoms with Gasteiger partial charge in [-0.3, -0.25) is 4.79 Å². The molecule has 1 saturated carbocycles. The van der Waals surface area contributed by atoms with Crippen LogP contribution in [-0.2, 0) is 6.42 Å². The van der Waals surface area contributed by atoms with Crippen molar-refractivity contribution in [1.82, 2.24) is 14.6 Å². The van der Waals surface area contributed by atoms with Gasteiger partial charge in [0.25, 0.3) is 5.56 Å². The molecule has 2 heterocycles. The summed E-state index contributed by atoms with van der Waals surface area (Å²) in [5.74, 6) is 0.484. The van der Waals surface area contributed by atoms with Gasteiger partial charge >= 0.3 is 0 Å². The Labute approximate surface area is 126 Å². The summed E-state index contributed by atoms with van der Waals surface area (Å²) in [7, 11) is 0. The smallest absolute Gasteiger partial charge is 0.275 e. The van der Waals surface area contributed by atoms with E-state index in [4.69, 9.17) is 5.11 Å². The van der Waals surface area contributed by atoms with Crippen molar-refractivity contribution in [1.29, 1.82) is 0 Å². The van der Waals surface area contributed by atoms with Gasteiger partial charge in [0.15, 0.2) is 0 Å². The first kappa shape index (κ1) is 14.5. The van der Waals surface area contributed by atoms with Gasteiger partial charge in [-0.2, -0.15) is 4.52 Å². The monoisotopic (exact) mass is 308 g/mol. The van der Waals surface area contributed by atoms with Gasteiger partial charge in [0.05, 0.1) is 0 Å². The highest BCUT2D eigenvalue weighted by Gasteiger charge is 2.27. The van der Waals surface area contributed by atoms with E-state index in [1.165, 1.54) is 22.3 Å². The Bertz CT molecular complexity index is 681. The number of aryl methyl sites for hydroxylation is 1. The number of rotatable bonds is 5. The SMILES string of the molecule is CCc1cc(=O)n2nc(NC3CCCC3CCO)sc2n1. The van der Waals surface area contributed by atoms with Gasteiger partial charge in [-0.1, -0.05) is 24.7 Å². The molecule has 0 bridgehead atoms. The van der Waals surface area contributed by atoms with Gasteiger partial charge in [0.1, 0.15) is 0 Å². The number of aliphatic hydroxyl groups is 1. The molecule has 1 fully saturated rings. The second kappa shape index (κ2) is 6.11. The van der Waals surface area contributed by atoms with Gasteiger partial charge in [0.2, 0.25) is 10.1 Å². The highest BCUT2D eigenvalue weighted by molar-refractivity contribution is 7.20. The molecule has 7 heteroatoms. The minimum atomic E-state index is -0.125. The zero-order chi connectivity index (χ0) is 14.8. The van der Waals surface area contributed by atoms with Crippen LogP contribution < -0.4 is 10.9 Å². The molecule has 21 heavy (non-hydrogen) atoms. The molecule has 0 spiro atoms. The second-order valence-corrected chi connectivity index (χ2v) is 6.45. The van der Waals surface area contributed by atoms with Crippen molar-refractivity contribution < 1.29 is 5.11 Å². The molecule has 114 valence electrons. The summed E-state index contributed by atoms with van der Waals surface area (Å²) >= 11 is 1.42. The van der Waals surface area contributed by atoms with E-state index in [1.54, 1.807) is 6.07 Å². The molecule has 1 aliphatic carbocycles. The first-order valence-corrected chi connectivity index (χ1v) is 8.30. The van der Waals surface area contributed by atoms with Gasteiger partial charge < -0.3 is 10.4 Å². The summed E-state index contributed by atoms with van der Waals surface area (Å²) in [6.45, 7) is 2.21. The maximum absolute atomic E-state index is 12.0. The van der Waals surface area contributed by atoms with Crippen molar-refractivity contribution in [2.75, 3.05) is 11.9 Å². The fraction of sp³-hybridized carbons (Fsp3) is 0.643. The highest BCUT2D eigenvalue weighted by Crippen LogP contribution is 2.31. The first-order chi connectivity index (χ1) is 10.2. The zero-order valence-electron chi connectivity index (χ0n) is 12.1. The van der Waals surface area contributed by atoms with Crippen molar-refractivity contribution in [3.63, 3.8) is 0 Å². The Balaban J connectivity index is 1.84. The zero-order valence-corrected chi connectivity index (χ0v) is 12.9. The van der Waals surface area contributed by atoms with E-state index in [2.05, 4.69) is 15.4 Å². The second-order valence-electron chi connectivity index (χ2n) is 5.49. The number of fused-ring (bicyclic) bond motifs is 1. The number of nitrogens with one attached hydrogen (secondary N) is 1. The Morgan fingerprint density at radius 2 is 2.38 bits per heavy atom. The minimum absolute atomic E-state index is 0.125. The first-order valence-electron chi connectivity index (χ1n) is 7.48. The van der Waals surface area contributed by atoms with E-state index in [9.17, 15) is 4.79 Å². The third-order valence-electron chi connectivity index (χ3n) is 4.13. The van der Waals surface area contributed by atoms with Crippen LogP contribution >= 0.6 is 11.3 Å². The van der Waals surface area contributed by atoms with E-state index in [1.807, 2.05) is 6.92 Å². The molecule has 0 aromatic carbocycles. The lowest BCUT2D eigenvalue weighted by Crippen LogP contribution is -2.25. The summed E-state index contributed by atoms with van der Waals surface area (Å²) in [6, 6.07) is 1.87.